The zero-order valence-electron chi connectivity index (χ0n) is 12.7. The highest BCUT2D eigenvalue weighted by Crippen LogP contribution is 2.04. The standard InChI is InChI=1S/C13H21N3O.H2O4S/c1-3-16(4-2)10-9-15-13(17)11-5-7-12(14)8-6-11;1-5(2,3)4/h5-8H,3-4,9-10,14H2,1-2H3,(H,15,17);(H2,1,2,3,4). The molecule has 0 spiro atoms. The number of anilines is 1. The SMILES string of the molecule is CCN(CC)CCNC(=O)c1ccc(N)cc1.O=S(=O)(O)O. The number of nitrogens with zero attached hydrogens (tertiary/aromatic N) is 1. The van der Waals surface area contributed by atoms with Crippen LogP contribution in [0.4, 0.5) is 5.69 Å². The van der Waals surface area contributed by atoms with E-state index < -0.39 is 10.4 Å². The van der Waals surface area contributed by atoms with Crippen molar-refractivity contribution < 1.29 is 22.3 Å². The monoisotopic (exact) mass is 333 g/mol. The molecule has 5 N–H and O–H groups in total. The Morgan fingerprint density at radius 2 is 1.64 bits per heavy atom. The predicted molar refractivity (Wildman–Crippen MR) is 85.2 cm³/mol. The Morgan fingerprint density at radius 1 is 1.18 bits per heavy atom. The van der Waals surface area contributed by atoms with Gasteiger partial charge in [-0.15, -0.1) is 0 Å². The molecular weight excluding hydrogens is 310 g/mol. The zero-order valence-corrected chi connectivity index (χ0v) is 13.5. The van der Waals surface area contributed by atoms with E-state index in [1.165, 1.54) is 0 Å². The molecule has 8 nitrogen and oxygen atoms in total. The Hall–Kier alpha value is -1.68. The number of hydrogen-bond donors (Lipinski definition) is 4. The van der Waals surface area contributed by atoms with Gasteiger partial charge in [-0.3, -0.25) is 13.9 Å². The number of benzene rings is 1. The van der Waals surface area contributed by atoms with E-state index in [2.05, 4.69) is 24.1 Å². The van der Waals surface area contributed by atoms with Crippen molar-refractivity contribution >= 4 is 22.0 Å². The molecule has 0 heterocycles. The number of carbonyl (C=O) groups excluding carboxylic acids is 1. The molecule has 0 saturated carbocycles. The number of nitrogen functional groups attached to an aromatic ring is 1. The fourth-order valence-electron chi connectivity index (χ4n) is 1.60. The maximum atomic E-state index is 11.7. The van der Waals surface area contributed by atoms with Gasteiger partial charge in [-0.1, -0.05) is 13.8 Å². The number of likely N-dealkylation sites (N-methyl/N-ethyl adjacent to an activating group) is 1. The van der Waals surface area contributed by atoms with Crippen molar-refractivity contribution in [3.63, 3.8) is 0 Å². The molecule has 0 bridgehead atoms. The number of hydrogen-bond acceptors (Lipinski definition) is 5. The molecule has 0 atom stereocenters. The Bertz CT molecular complexity index is 533. The first-order valence-electron chi connectivity index (χ1n) is 6.73. The van der Waals surface area contributed by atoms with Crippen LogP contribution >= 0.6 is 0 Å². The van der Waals surface area contributed by atoms with Gasteiger partial charge in [0.25, 0.3) is 5.91 Å². The van der Waals surface area contributed by atoms with Crippen LogP contribution in [0.2, 0.25) is 0 Å². The molecule has 0 aliphatic rings. The highest BCUT2D eigenvalue weighted by atomic mass is 32.3. The maximum absolute atomic E-state index is 11.7. The summed E-state index contributed by atoms with van der Waals surface area (Å²) in [7, 11) is -4.67. The van der Waals surface area contributed by atoms with Crippen LogP contribution in [0, 0.1) is 0 Å². The van der Waals surface area contributed by atoms with Gasteiger partial charge < -0.3 is 16.0 Å². The molecule has 0 unspecified atom stereocenters. The first-order valence-corrected chi connectivity index (χ1v) is 8.13. The van der Waals surface area contributed by atoms with Crippen molar-refractivity contribution in [3.05, 3.63) is 29.8 Å². The lowest BCUT2D eigenvalue weighted by Gasteiger charge is -2.17. The summed E-state index contributed by atoms with van der Waals surface area (Å²) in [5, 5.41) is 2.90. The van der Waals surface area contributed by atoms with Crippen LogP contribution in [0.15, 0.2) is 24.3 Å². The van der Waals surface area contributed by atoms with Crippen molar-refractivity contribution in [2.75, 3.05) is 31.9 Å². The van der Waals surface area contributed by atoms with Gasteiger partial charge in [0.15, 0.2) is 0 Å². The molecule has 0 aliphatic heterocycles. The van der Waals surface area contributed by atoms with Gasteiger partial charge in [0.05, 0.1) is 0 Å². The summed E-state index contributed by atoms with van der Waals surface area (Å²) in [4.78, 5) is 14.0. The molecule has 0 radical (unpaired) electrons. The number of carbonyl (C=O) groups is 1. The maximum Gasteiger partial charge on any atom is 0.394 e. The van der Waals surface area contributed by atoms with Gasteiger partial charge >= 0.3 is 10.4 Å². The van der Waals surface area contributed by atoms with Crippen molar-refractivity contribution in [1.29, 1.82) is 0 Å². The molecule has 1 rings (SSSR count). The van der Waals surface area contributed by atoms with Gasteiger partial charge in [0.1, 0.15) is 0 Å². The van der Waals surface area contributed by atoms with Gasteiger partial charge in [-0.2, -0.15) is 8.42 Å². The summed E-state index contributed by atoms with van der Waals surface area (Å²) >= 11 is 0. The molecule has 1 aromatic carbocycles. The second-order valence-electron chi connectivity index (χ2n) is 4.35. The van der Waals surface area contributed by atoms with E-state index in [4.69, 9.17) is 23.3 Å². The minimum Gasteiger partial charge on any atom is -0.399 e. The van der Waals surface area contributed by atoms with Crippen LogP contribution in [0.1, 0.15) is 24.2 Å². The Labute approximate surface area is 130 Å². The third-order valence-electron chi connectivity index (χ3n) is 2.78. The predicted octanol–water partition coefficient (Wildman–Crippen LogP) is 0.688. The van der Waals surface area contributed by atoms with E-state index in [0.717, 1.165) is 19.6 Å². The number of nitrogens with two attached hydrogens (primary N) is 1. The number of nitrogens with one attached hydrogen (secondary N) is 1. The summed E-state index contributed by atoms with van der Waals surface area (Å²) < 4.78 is 31.6. The van der Waals surface area contributed by atoms with Crippen LogP contribution in [0.5, 0.6) is 0 Å². The second-order valence-corrected chi connectivity index (χ2v) is 5.25. The highest BCUT2D eigenvalue weighted by molar-refractivity contribution is 7.79. The van der Waals surface area contributed by atoms with E-state index in [1.54, 1.807) is 24.3 Å². The molecular formula is C13H23N3O5S. The molecule has 0 fully saturated rings. The Balaban J connectivity index is 0.000000763. The van der Waals surface area contributed by atoms with Crippen molar-refractivity contribution in [2.24, 2.45) is 0 Å². The fourth-order valence-corrected chi connectivity index (χ4v) is 1.60. The summed E-state index contributed by atoms with van der Waals surface area (Å²) in [5.41, 5.74) is 6.89. The van der Waals surface area contributed by atoms with Crippen LogP contribution in [0.3, 0.4) is 0 Å². The normalized spacial score (nSPS) is 10.8. The van der Waals surface area contributed by atoms with Gasteiger partial charge in [0, 0.05) is 24.3 Å². The minimum absolute atomic E-state index is 0.0443. The lowest BCUT2D eigenvalue weighted by atomic mass is 10.2. The van der Waals surface area contributed by atoms with Gasteiger partial charge in [-0.05, 0) is 37.4 Å². The summed E-state index contributed by atoms with van der Waals surface area (Å²) in [5.74, 6) is -0.0443. The number of amides is 1. The minimum atomic E-state index is -4.67. The van der Waals surface area contributed by atoms with E-state index >= 15 is 0 Å². The lowest BCUT2D eigenvalue weighted by molar-refractivity contribution is 0.0949. The van der Waals surface area contributed by atoms with Crippen LogP contribution in [-0.4, -0.2) is 54.5 Å². The van der Waals surface area contributed by atoms with Gasteiger partial charge in [-0.25, -0.2) is 0 Å². The smallest absolute Gasteiger partial charge is 0.394 e. The molecule has 0 aliphatic carbocycles. The highest BCUT2D eigenvalue weighted by Gasteiger charge is 2.05. The molecule has 1 aromatic rings. The largest absolute Gasteiger partial charge is 0.399 e. The quantitative estimate of drug-likeness (QED) is 0.444. The van der Waals surface area contributed by atoms with Crippen LogP contribution in [-0.2, 0) is 10.4 Å². The zero-order chi connectivity index (χ0) is 17.2. The first-order chi connectivity index (χ1) is 10.2. The van der Waals surface area contributed by atoms with Crippen LogP contribution in [0.25, 0.3) is 0 Å². The van der Waals surface area contributed by atoms with E-state index in [1.807, 2.05) is 0 Å². The molecule has 126 valence electrons. The summed E-state index contributed by atoms with van der Waals surface area (Å²) in [6.45, 7) is 7.80. The van der Waals surface area contributed by atoms with Crippen molar-refractivity contribution in [2.45, 2.75) is 13.8 Å². The summed E-state index contributed by atoms with van der Waals surface area (Å²) in [6, 6.07) is 6.95. The third-order valence-corrected chi connectivity index (χ3v) is 2.78. The Morgan fingerprint density at radius 3 is 2.05 bits per heavy atom. The van der Waals surface area contributed by atoms with E-state index in [-0.39, 0.29) is 5.91 Å². The average Bonchev–Trinajstić information content (AvgIpc) is 2.42. The second kappa shape index (κ2) is 10.1. The molecule has 22 heavy (non-hydrogen) atoms. The molecule has 0 aromatic heterocycles. The molecule has 0 saturated heterocycles. The summed E-state index contributed by atoms with van der Waals surface area (Å²) in [6.07, 6.45) is 0. The Kier molecular flexibility index (Phi) is 9.34. The van der Waals surface area contributed by atoms with E-state index in [9.17, 15) is 4.79 Å². The third kappa shape index (κ3) is 11.0. The van der Waals surface area contributed by atoms with Crippen LogP contribution < -0.4 is 11.1 Å². The fraction of sp³-hybridized carbons (Fsp3) is 0.462. The molecule has 1 amide bonds. The first kappa shape index (κ1) is 20.3. The van der Waals surface area contributed by atoms with Crippen molar-refractivity contribution in [1.82, 2.24) is 10.2 Å². The average molecular weight is 333 g/mol. The van der Waals surface area contributed by atoms with Crippen molar-refractivity contribution in [3.8, 4) is 0 Å². The van der Waals surface area contributed by atoms with E-state index in [0.29, 0.717) is 17.8 Å². The number of rotatable bonds is 6. The molecule has 9 heteroatoms. The van der Waals surface area contributed by atoms with Gasteiger partial charge in [0.2, 0.25) is 0 Å². The topological polar surface area (TPSA) is 133 Å². The lowest BCUT2D eigenvalue weighted by Crippen LogP contribution is -2.34.